The van der Waals surface area contributed by atoms with E-state index in [0.29, 0.717) is 26.4 Å². The van der Waals surface area contributed by atoms with Crippen molar-refractivity contribution >= 4 is 16.6 Å². The van der Waals surface area contributed by atoms with Crippen molar-refractivity contribution in [2.24, 2.45) is 5.73 Å². The van der Waals surface area contributed by atoms with Crippen molar-refractivity contribution in [2.45, 2.75) is 244 Å². The molecule has 11 heteroatoms. The Hall–Kier alpha value is -3.05. The van der Waals surface area contributed by atoms with E-state index in [1.165, 1.54) is 64.2 Å². The van der Waals surface area contributed by atoms with Gasteiger partial charge < -0.3 is 43.0 Å². The van der Waals surface area contributed by atoms with E-state index in [4.69, 9.17) is 43.0 Å². The Labute approximate surface area is 457 Å². The second-order valence-electron chi connectivity index (χ2n) is 24.3. The molecule has 0 amide bonds. The van der Waals surface area contributed by atoms with Gasteiger partial charge in [-0.1, -0.05) is 247 Å². The lowest BCUT2D eigenvalue weighted by atomic mass is 9.97. The molecule has 9 nitrogen and oxygen atoms in total. The predicted octanol–water partition coefficient (Wildman–Crippen LogP) is 15.9. The van der Waals surface area contributed by atoms with Crippen LogP contribution in [0.5, 0.6) is 0 Å². The molecule has 1 fully saturated rings. The Morgan fingerprint density at radius 1 is 0.480 bits per heavy atom. The smallest absolute Gasteiger partial charge is 0.192 e. The van der Waals surface area contributed by atoms with E-state index in [-0.39, 0.29) is 29.4 Å². The number of rotatable bonds is 35. The second-order valence-corrected chi connectivity index (χ2v) is 33.8. The number of nitrogens with two attached hydrogens (primary N) is 1. The van der Waals surface area contributed by atoms with Gasteiger partial charge in [0.2, 0.25) is 0 Å². The summed E-state index contributed by atoms with van der Waals surface area (Å²) in [5.41, 5.74) is 11.8. The number of hydrogen-bond acceptors (Lipinski definition) is 9. The molecule has 1 aliphatic heterocycles. The van der Waals surface area contributed by atoms with Crippen LogP contribution in [0.2, 0.25) is 36.3 Å². The van der Waals surface area contributed by atoms with Gasteiger partial charge in [0.1, 0.15) is 24.4 Å². The predicted molar refractivity (Wildman–Crippen MR) is 314 cm³/mol. The van der Waals surface area contributed by atoms with Gasteiger partial charge in [-0.2, -0.15) is 0 Å². The molecule has 0 saturated carbocycles. The Morgan fingerprint density at radius 3 is 1.31 bits per heavy atom. The van der Waals surface area contributed by atoms with Crippen LogP contribution in [-0.2, 0) is 63.7 Å². The van der Waals surface area contributed by atoms with E-state index in [2.05, 4.69) is 123 Å². The SMILES string of the molecule is CCCCCCCCCCCCCC[C@@H](O[Si](C)(C)C(C)(C)C)[C@@H](O[Si](C)(C)C(C)(C)C)[C@@H](N)CO[C@H]1OC(COCc2ccccc2)[C@H](OCc2ccccc2)[C@@H](OCc2ccccc2)C1OCc1ccccc1. The summed E-state index contributed by atoms with van der Waals surface area (Å²) in [6.45, 7) is 27.2. The van der Waals surface area contributed by atoms with Crippen molar-refractivity contribution in [3.05, 3.63) is 144 Å². The highest BCUT2D eigenvalue weighted by molar-refractivity contribution is 6.74. The summed E-state index contributed by atoms with van der Waals surface area (Å²) in [7, 11) is -4.69. The standard InChI is InChI=1S/C64H101NO8Si2/c1-12-13-14-15-16-17-18-19-20-21-22-35-44-56(72-74(8,9)63(2,3)4)58(73-75(10,11)64(5,6)7)55(65)49-70-62-61(69-48-54-42-33-26-34-43-54)60(68-47-53-40-31-25-32-41-53)59(67-46-52-38-29-24-30-39-52)57(71-62)50-66-45-51-36-27-23-28-37-51/h23-34,36-43,55-62H,12-22,35,44-50,65H2,1-11H3/t55-,56+,57?,58-,59-,60+,61?,62-/m0/s1. The zero-order chi connectivity index (χ0) is 54.2. The topological polar surface area (TPSA) is 99.9 Å². The molecule has 75 heavy (non-hydrogen) atoms. The van der Waals surface area contributed by atoms with Gasteiger partial charge in [-0.3, -0.25) is 0 Å². The molecule has 2 unspecified atom stereocenters. The minimum atomic E-state index is -2.39. The lowest BCUT2D eigenvalue weighted by Crippen LogP contribution is -2.63. The highest BCUT2D eigenvalue weighted by atomic mass is 28.4. The lowest BCUT2D eigenvalue weighted by Gasteiger charge is -2.48. The van der Waals surface area contributed by atoms with Crippen LogP contribution in [-0.4, -0.2) is 78.8 Å². The van der Waals surface area contributed by atoms with Gasteiger partial charge in [-0.05, 0) is 64.9 Å². The lowest BCUT2D eigenvalue weighted by molar-refractivity contribution is -0.329. The molecule has 4 aromatic carbocycles. The molecule has 0 spiro atoms. The Balaban J connectivity index is 1.46. The van der Waals surface area contributed by atoms with Gasteiger partial charge in [0.15, 0.2) is 22.9 Å². The van der Waals surface area contributed by atoms with Gasteiger partial charge in [0, 0.05) is 0 Å². The van der Waals surface area contributed by atoms with Crippen LogP contribution in [0.25, 0.3) is 0 Å². The van der Waals surface area contributed by atoms with E-state index >= 15 is 0 Å². The molecule has 418 valence electrons. The van der Waals surface area contributed by atoms with E-state index in [1.54, 1.807) is 0 Å². The summed E-state index contributed by atoms with van der Waals surface area (Å²) in [4.78, 5) is 0. The molecule has 0 radical (unpaired) electrons. The summed E-state index contributed by atoms with van der Waals surface area (Å²) in [5.74, 6) is 0. The van der Waals surface area contributed by atoms with Crippen molar-refractivity contribution in [1.29, 1.82) is 0 Å². The first-order chi connectivity index (χ1) is 35.9. The summed E-state index contributed by atoms with van der Waals surface area (Å²) >= 11 is 0. The number of hydrogen-bond donors (Lipinski definition) is 1. The fraction of sp³-hybridized carbons (Fsp3) is 0.625. The van der Waals surface area contributed by atoms with Crippen molar-refractivity contribution in [3.8, 4) is 0 Å². The minimum Gasteiger partial charge on any atom is -0.411 e. The molecule has 1 aliphatic rings. The molecule has 0 aliphatic carbocycles. The molecule has 0 aromatic heterocycles. The summed E-state index contributed by atoms with van der Waals surface area (Å²) in [6, 6.07) is 40.3. The molecular weight excluding hydrogens is 967 g/mol. The quantitative estimate of drug-likeness (QED) is 0.0357. The van der Waals surface area contributed by atoms with Crippen LogP contribution >= 0.6 is 0 Å². The van der Waals surface area contributed by atoms with Crippen molar-refractivity contribution in [2.75, 3.05) is 13.2 Å². The summed E-state index contributed by atoms with van der Waals surface area (Å²) < 4.78 is 56.8. The maximum Gasteiger partial charge on any atom is 0.192 e. The van der Waals surface area contributed by atoms with Gasteiger partial charge in [-0.15, -0.1) is 0 Å². The van der Waals surface area contributed by atoms with Crippen LogP contribution in [0.15, 0.2) is 121 Å². The van der Waals surface area contributed by atoms with Crippen molar-refractivity contribution in [1.82, 2.24) is 0 Å². The molecule has 2 N–H and O–H groups in total. The zero-order valence-electron chi connectivity index (χ0n) is 48.4. The Morgan fingerprint density at radius 2 is 0.867 bits per heavy atom. The van der Waals surface area contributed by atoms with Gasteiger partial charge in [0.05, 0.1) is 57.9 Å². The first kappa shape index (κ1) is 62.8. The molecule has 0 bridgehead atoms. The van der Waals surface area contributed by atoms with E-state index in [0.717, 1.165) is 41.5 Å². The van der Waals surface area contributed by atoms with Gasteiger partial charge >= 0.3 is 0 Å². The molecule has 1 heterocycles. The van der Waals surface area contributed by atoms with Gasteiger partial charge in [0.25, 0.3) is 0 Å². The van der Waals surface area contributed by atoms with Gasteiger partial charge in [-0.25, -0.2) is 0 Å². The fourth-order valence-electron chi connectivity index (χ4n) is 9.17. The number of ether oxygens (including phenoxy) is 6. The van der Waals surface area contributed by atoms with E-state index in [9.17, 15) is 0 Å². The van der Waals surface area contributed by atoms with Crippen LogP contribution in [0, 0.1) is 0 Å². The Kier molecular flexibility index (Phi) is 26.9. The average molecular weight is 1070 g/mol. The Bertz CT molecular complexity index is 2080. The van der Waals surface area contributed by atoms with Crippen LogP contribution in [0.3, 0.4) is 0 Å². The number of benzene rings is 4. The molecule has 8 atom stereocenters. The third-order valence-corrected chi connectivity index (χ3v) is 24.9. The van der Waals surface area contributed by atoms with Crippen LogP contribution < -0.4 is 5.73 Å². The first-order valence-corrected chi connectivity index (χ1v) is 34.7. The highest BCUT2D eigenvalue weighted by Crippen LogP contribution is 2.42. The first-order valence-electron chi connectivity index (χ1n) is 28.8. The van der Waals surface area contributed by atoms with Crippen molar-refractivity contribution < 1.29 is 37.3 Å². The summed E-state index contributed by atoms with van der Waals surface area (Å²) in [6.07, 6.45) is 12.4. The van der Waals surface area contributed by atoms with Crippen molar-refractivity contribution in [3.63, 3.8) is 0 Å². The van der Waals surface area contributed by atoms with Crippen LogP contribution in [0.4, 0.5) is 0 Å². The van der Waals surface area contributed by atoms with E-state index < -0.39 is 59.5 Å². The van der Waals surface area contributed by atoms with E-state index in [1.807, 2.05) is 72.8 Å². The maximum atomic E-state index is 7.58. The monoisotopic (exact) mass is 1070 g/mol. The third kappa shape index (κ3) is 21.6. The normalized spacial score (nSPS) is 20.0. The molecular formula is C64H101NO8Si2. The van der Waals surface area contributed by atoms with Crippen LogP contribution in [0.1, 0.15) is 154 Å². The maximum absolute atomic E-state index is 7.58. The largest absolute Gasteiger partial charge is 0.411 e. The highest BCUT2D eigenvalue weighted by Gasteiger charge is 2.51. The molecule has 5 rings (SSSR count). The second kappa shape index (κ2) is 32.1. The molecule has 1 saturated heterocycles. The fourth-order valence-corrected chi connectivity index (χ4v) is 11.9. The molecule has 4 aromatic rings. The average Bonchev–Trinajstić information content (AvgIpc) is 3.38. The summed E-state index contributed by atoms with van der Waals surface area (Å²) in [5, 5.41) is -0.0636. The number of unbranched alkanes of at least 4 members (excludes halogenated alkanes) is 11. The zero-order valence-corrected chi connectivity index (χ0v) is 50.4. The third-order valence-electron chi connectivity index (χ3n) is 15.9. The minimum absolute atomic E-state index is 0.00532.